The van der Waals surface area contributed by atoms with Crippen LogP contribution in [0.1, 0.15) is 39.5 Å². The summed E-state index contributed by atoms with van der Waals surface area (Å²) in [5.41, 5.74) is 6.12. The van der Waals surface area contributed by atoms with Crippen molar-refractivity contribution >= 4 is 34.8 Å². The van der Waals surface area contributed by atoms with Crippen LogP contribution in [0, 0.1) is 5.92 Å². The molecule has 0 saturated heterocycles. The second kappa shape index (κ2) is 9.34. The van der Waals surface area contributed by atoms with E-state index in [1.54, 1.807) is 24.3 Å². The number of carbonyl (C=O) groups is 2. The molecule has 2 N–H and O–H groups in total. The van der Waals surface area contributed by atoms with Crippen molar-refractivity contribution in [1.29, 1.82) is 0 Å². The second-order valence-corrected chi connectivity index (χ2v) is 6.90. The molecule has 0 aliphatic heterocycles. The van der Waals surface area contributed by atoms with Crippen LogP contribution in [0.2, 0.25) is 5.02 Å². The van der Waals surface area contributed by atoms with Gasteiger partial charge in [0.2, 0.25) is 11.8 Å². The Hall–Kier alpha value is -2.40. The van der Waals surface area contributed by atoms with E-state index in [0.29, 0.717) is 16.6 Å². The summed E-state index contributed by atoms with van der Waals surface area (Å²) in [5.74, 6) is -0.204. The van der Waals surface area contributed by atoms with Gasteiger partial charge in [0.1, 0.15) is 0 Å². The number of rotatable bonds is 6. The lowest BCUT2D eigenvalue weighted by Crippen LogP contribution is -2.24. The molecule has 26 heavy (non-hydrogen) atoms. The van der Waals surface area contributed by atoms with E-state index in [0.717, 1.165) is 29.7 Å². The Balaban J connectivity index is 1.82. The van der Waals surface area contributed by atoms with Crippen molar-refractivity contribution in [3.05, 3.63) is 53.1 Å². The first-order chi connectivity index (χ1) is 12.4. The van der Waals surface area contributed by atoms with Crippen LogP contribution in [-0.2, 0) is 9.59 Å². The van der Waals surface area contributed by atoms with Gasteiger partial charge in [0, 0.05) is 12.8 Å². The Morgan fingerprint density at radius 3 is 2.65 bits per heavy atom. The van der Waals surface area contributed by atoms with Crippen LogP contribution in [0.4, 0.5) is 5.69 Å². The smallest absolute Gasteiger partial charge is 0.240 e. The van der Waals surface area contributed by atoms with Gasteiger partial charge in [0.15, 0.2) is 0 Å². The maximum atomic E-state index is 12.0. The number of nitrogens with one attached hydrogen (secondary N) is 2. The molecule has 6 heteroatoms. The van der Waals surface area contributed by atoms with Crippen molar-refractivity contribution in [2.45, 2.75) is 39.5 Å². The Morgan fingerprint density at radius 2 is 1.96 bits per heavy atom. The first kappa shape index (κ1) is 19.9. The van der Waals surface area contributed by atoms with Gasteiger partial charge in [-0.25, -0.2) is 5.43 Å². The van der Waals surface area contributed by atoms with Gasteiger partial charge in [-0.1, -0.05) is 42.0 Å². The highest BCUT2D eigenvalue weighted by Gasteiger charge is 2.19. The molecule has 5 nitrogen and oxygen atoms in total. The summed E-state index contributed by atoms with van der Waals surface area (Å²) in [6, 6.07) is 6.97. The minimum Gasteiger partial charge on any atom is -0.325 e. The SMILES string of the molecule is C=C(C)C1CC=C(C)/C(=N\NC(=O)CCC(=O)Nc2ccccc2Cl)C1. The number of nitrogens with zero attached hydrogens (tertiary/aromatic N) is 1. The predicted octanol–water partition coefficient (Wildman–Crippen LogP) is 4.46. The second-order valence-electron chi connectivity index (χ2n) is 6.49. The number of anilines is 1. The van der Waals surface area contributed by atoms with E-state index in [2.05, 4.69) is 28.5 Å². The molecule has 0 radical (unpaired) electrons. The zero-order valence-corrected chi connectivity index (χ0v) is 15.9. The summed E-state index contributed by atoms with van der Waals surface area (Å²) >= 11 is 5.99. The van der Waals surface area contributed by atoms with Crippen molar-refractivity contribution in [2.75, 3.05) is 5.32 Å². The fourth-order valence-corrected chi connectivity index (χ4v) is 2.79. The Bertz CT molecular complexity index is 768. The van der Waals surface area contributed by atoms with E-state index < -0.39 is 0 Å². The number of hydrogen-bond acceptors (Lipinski definition) is 3. The molecule has 0 spiro atoms. The molecule has 0 aromatic heterocycles. The van der Waals surface area contributed by atoms with Gasteiger partial charge in [-0.05, 0) is 50.3 Å². The highest BCUT2D eigenvalue weighted by molar-refractivity contribution is 6.33. The first-order valence-electron chi connectivity index (χ1n) is 8.59. The maximum absolute atomic E-state index is 12.0. The molecular weight excluding hydrogens is 350 g/mol. The normalized spacial score (nSPS) is 18.2. The Labute approximate surface area is 159 Å². The van der Waals surface area contributed by atoms with Gasteiger partial charge in [0.25, 0.3) is 0 Å². The van der Waals surface area contributed by atoms with Crippen LogP contribution in [0.3, 0.4) is 0 Å². The summed E-state index contributed by atoms with van der Waals surface area (Å²) < 4.78 is 0. The zero-order valence-electron chi connectivity index (χ0n) is 15.1. The number of halogens is 1. The number of carbonyl (C=O) groups excluding carboxylic acids is 2. The van der Waals surface area contributed by atoms with Gasteiger partial charge in [-0.15, -0.1) is 0 Å². The van der Waals surface area contributed by atoms with E-state index in [9.17, 15) is 9.59 Å². The molecule has 1 aliphatic carbocycles. The van der Waals surface area contributed by atoms with Crippen LogP contribution in [0.15, 0.2) is 53.2 Å². The molecular formula is C20H24ClN3O2. The van der Waals surface area contributed by atoms with Crippen molar-refractivity contribution in [1.82, 2.24) is 5.43 Å². The summed E-state index contributed by atoms with van der Waals surface area (Å²) in [7, 11) is 0. The van der Waals surface area contributed by atoms with Crippen molar-refractivity contribution < 1.29 is 9.59 Å². The van der Waals surface area contributed by atoms with Crippen LogP contribution in [0.25, 0.3) is 0 Å². The number of amides is 2. The molecule has 2 rings (SSSR count). The topological polar surface area (TPSA) is 70.6 Å². The zero-order chi connectivity index (χ0) is 19.1. The number of allylic oxidation sites excluding steroid dienone is 3. The van der Waals surface area contributed by atoms with E-state index in [1.807, 2.05) is 13.8 Å². The fraction of sp³-hybridized carbons (Fsp3) is 0.350. The van der Waals surface area contributed by atoms with Gasteiger partial charge in [0.05, 0.1) is 16.4 Å². The maximum Gasteiger partial charge on any atom is 0.240 e. The van der Waals surface area contributed by atoms with Crippen molar-refractivity contribution in [2.24, 2.45) is 11.0 Å². The molecule has 1 aliphatic rings. The predicted molar refractivity (Wildman–Crippen MR) is 106 cm³/mol. The summed E-state index contributed by atoms with van der Waals surface area (Å²) in [4.78, 5) is 23.9. The third kappa shape index (κ3) is 5.85. The highest BCUT2D eigenvalue weighted by atomic mass is 35.5. The molecule has 1 aromatic rings. The van der Waals surface area contributed by atoms with Crippen LogP contribution >= 0.6 is 11.6 Å². The van der Waals surface area contributed by atoms with Crippen LogP contribution < -0.4 is 10.7 Å². The molecule has 1 aromatic carbocycles. The lowest BCUT2D eigenvalue weighted by atomic mass is 9.85. The minimum atomic E-state index is -0.294. The quantitative estimate of drug-likeness (QED) is 0.570. The minimum absolute atomic E-state index is 0.0553. The van der Waals surface area contributed by atoms with E-state index in [4.69, 9.17) is 11.6 Å². The van der Waals surface area contributed by atoms with Gasteiger partial charge in [-0.3, -0.25) is 9.59 Å². The average Bonchev–Trinajstić information content (AvgIpc) is 2.61. The van der Waals surface area contributed by atoms with Crippen molar-refractivity contribution in [3.63, 3.8) is 0 Å². The van der Waals surface area contributed by atoms with Gasteiger partial charge in [-0.2, -0.15) is 5.10 Å². The molecule has 0 heterocycles. The third-order valence-corrected chi connectivity index (χ3v) is 4.67. The number of para-hydroxylation sites is 1. The lowest BCUT2D eigenvalue weighted by molar-refractivity contribution is -0.124. The Morgan fingerprint density at radius 1 is 1.27 bits per heavy atom. The monoisotopic (exact) mass is 373 g/mol. The number of benzene rings is 1. The number of hydrazone groups is 1. The summed E-state index contributed by atoms with van der Waals surface area (Å²) in [5, 5.41) is 7.38. The number of hydrogen-bond donors (Lipinski definition) is 2. The highest BCUT2D eigenvalue weighted by Crippen LogP contribution is 2.26. The molecule has 1 unspecified atom stereocenters. The molecule has 2 amide bonds. The van der Waals surface area contributed by atoms with Gasteiger partial charge >= 0.3 is 0 Å². The molecule has 1 atom stereocenters. The van der Waals surface area contributed by atoms with E-state index in [1.165, 1.54) is 0 Å². The van der Waals surface area contributed by atoms with Crippen LogP contribution in [-0.4, -0.2) is 17.5 Å². The molecule has 138 valence electrons. The van der Waals surface area contributed by atoms with E-state index >= 15 is 0 Å². The van der Waals surface area contributed by atoms with Gasteiger partial charge < -0.3 is 5.32 Å². The average molecular weight is 374 g/mol. The third-order valence-electron chi connectivity index (χ3n) is 4.34. The standard InChI is InChI=1S/C20H24ClN3O2/c1-13(2)15-9-8-14(3)18(12-15)23-24-20(26)11-10-19(25)22-17-7-5-4-6-16(17)21/h4-8,15H,1,9-12H2,2-3H3,(H,22,25)(H,24,26)/b23-18-. The molecule has 0 saturated carbocycles. The molecule has 0 bridgehead atoms. The van der Waals surface area contributed by atoms with Crippen molar-refractivity contribution in [3.8, 4) is 0 Å². The first-order valence-corrected chi connectivity index (χ1v) is 8.97. The largest absolute Gasteiger partial charge is 0.325 e. The summed E-state index contributed by atoms with van der Waals surface area (Å²) in [6.07, 6.45) is 3.96. The Kier molecular flexibility index (Phi) is 7.16. The van der Waals surface area contributed by atoms with E-state index in [-0.39, 0.29) is 24.7 Å². The fourth-order valence-electron chi connectivity index (χ4n) is 2.61. The molecule has 0 fully saturated rings. The summed E-state index contributed by atoms with van der Waals surface area (Å²) in [6.45, 7) is 7.99. The lowest BCUT2D eigenvalue weighted by Gasteiger charge is -2.22. The van der Waals surface area contributed by atoms with Crippen LogP contribution in [0.5, 0.6) is 0 Å².